The zero-order valence-corrected chi connectivity index (χ0v) is 36.7. The normalized spacial score (nSPS) is 11.3. The first kappa shape index (κ1) is 39.7. The number of hydrogen-bond donors (Lipinski definition) is 0. The van der Waals surface area contributed by atoms with Crippen LogP contribution in [0.4, 0.5) is 34.1 Å². The third-order valence-corrected chi connectivity index (χ3v) is 12.9. The summed E-state index contributed by atoms with van der Waals surface area (Å²) >= 11 is 0. The number of rotatable bonds is 10. The Kier molecular flexibility index (Phi) is 10.2. The quantitative estimate of drug-likeness (QED) is 0.137. The summed E-state index contributed by atoms with van der Waals surface area (Å²) in [5.74, 6) is 0. The lowest BCUT2D eigenvalue weighted by atomic mass is 9.97. The van der Waals surface area contributed by atoms with Gasteiger partial charge in [0.2, 0.25) is 0 Å². The topological polar surface area (TPSA) is 19.6 Å². The molecule has 0 fully saturated rings. The van der Waals surface area contributed by atoms with E-state index in [0.717, 1.165) is 94.7 Å². The van der Waals surface area contributed by atoms with Crippen molar-refractivity contribution in [2.75, 3.05) is 9.80 Å². The second kappa shape index (κ2) is 17.2. The summed E-state index contributed by atoms with van der Waals surface area (Å²) in [6.07, 6.45) is 0. The molecule has 11 aromatic carbocycles. The molecule has 3 nitrogen and oxygen atoms in total. The predicted octanol–water partition coefficient (Wildman–Crippen LogP) is 18.3. The summed E-state index contributed by atoms with van der Waals surface area (Å²) in [5.41, 5.74) is 17.0. The molecule has 0 saturated carbocycles. The van der Waals surface area contributed by atoms with Gasteiger partial charge in [-0.2, -0.15) is 0 Å². The molecule has 0 spiro atoms. The van der Waals surface area contributed by atoms with Gasteiger partial charge in [-0.15, -0.1) is 0 Å². The van der Waals surface area contributed by atoms with E-state index in [1.165, 1.54) is 16.7 Å². The van der Waals surface area contributed by atoms with Gasteiger partial charge < -0.3 is 14.2 Å². The van der Waals surface area contributed by atoms with Crippen LogP contribution < -0.4 is 9.80 Å². The van der Waals surface area contributed by atoms with Crippen molar-refractivity contribution in [3.8, 4) is 44.5 Å². The van der Waals surface area contributed by atoms with Crippen molar-refractivity contribution >= 4 is 66.8 Å². The molecule has 0 aliphatic carbocycles. The van der Waals surface area contributed by atoms with E-state index in [9.17, 15) is 0 Å². The van der Waals surface area contributed by atoms with Crippen LogP contribution in [0, 0.1) is 0 Å². The molecular weight excluding hydrogens is 813 g/mol. The van der Waals surface area contributed by atoms with Crippen molar-refractivity contribution < 1.29 is 4.42 Å². The van der Waals surface area contributed by atoms with Crippen LogP contribution in [0.1, 0.15) is 0 Å². The van der Waals surface area contributed by atoms with Gasteiger partial charge in [0.15, 0.2) is 5.58 Å². The van der Waals surface area contributed by atoms with E-state index in [-0.39, 0.29) is 0 Å². The van der Waals surface area contributed by atoms with Crippen molar-refractivity contribution in [3.63, 3.8) is 0 Å². The summed E-state index contributed by atoms with van der Waals surface area (Å²) in [7, 11) is 0. The van der Waals surface area contributed by atoms with E-state index in [1.54, 1.807) is 0 Å². The fourth-order valence-corrected chi connectivity index (χ4v) is 9.64. The second-order valence-corrected chi connectivity index (χ2v) is 16.9. The molecule has 0 aliphatic rings. The highest BCUT2D eigenvalue weighted by Gasteiger charge is 2.27. The number of fused-ring (bicyclic) bond motifs is 4. The van der Waals surface area contributed by atoms with Crippen molar-refractivity contribution in [1.29, 1.82) is 0 Å². The molecule has 0 aliphatic heterocycles. The molecule has 0 saturated heterocycles. The van der Waals surface area contributed by atoms with Crippen LogP contribution in [0.25, 0.3) is 77.2 Å². The Morgan fingerprint density at radius 2 is 0.657 bits per heavy atom. The minimum atomic E-state index is 0.795. The Balaban J connectivity index is 1.12. The largest absolute Gasteiger partial charge is 0.454 e. The van der Waals surface area contributed by atoms with Crippen molar-refractivity contribution in [2.45, 2.75) is 0 Å². The Hall–Kier alpha value is -8.92. The van der Waals surface area contributed by atoms with E-state index >= 15 is 0 Å². The zero-order valence-electron chi connectivity index (χ0n) is 36.7. The van der Waals surface area contributed by atoms with Crippen LogP contribution in [-0.4, -0.2) is 0 Å². The minimum Gasteiger partial charge on any atom is -0.454 e. The van der Waals surface area contributed by atoms with E-state index in [0.29, 0.717) is 0 Å². The number of furan rings is 1. The predicted molar refractivity (Wildman–Crippen MR) is 282 cm³/mol. The summed E-state index contributed by atoms with van der Waals surface area (Å²) in [6.45, 7) is 0. The molecule has 1 aromatic heterocycles. The lowest BCUT2D eigenvalue weighted by molar-refractivity contribution is 0.669. The third kappa shape index (κ3) is 7.39. The van der Waals surface area contributed by atoms with Gasteiger partial charge in [0.05, 0.1) is 28.1 Å². The van der Waals surface area contributed by atoms with Crippen molar-refractivity contribution in [1.82, 2.24) is 0 Å². The lowest BCUT2D eigenvalue weighted by Gasteiger charge is -2.31. The van der Waals surface area contributed by atoms with Gasteiger partial charge in [-0.3, -0.25) is 0 Å². The molecular formula is C64H44N2O. The number of para-hydroxylation sites is 3. The molecule has 0 radical (unpaired) electrons. The van der Waals surface area contributed by atoms with E-state index in [2.05, 4.69) is 277 Å². The van der Waals surface area contributed by atoms with Gasteiger partial charge >= 0.3 is 0 Å². The van der Waals surface area contributed by atoms with E-state index < -0.39 is 0 Å². The average Bonchev–Trinajstić information content (AvgIpc) is 3.79. The highest BCUT2D eigenvalue weighted by molar-refractivity contribution is 6.20. The number of anilines is 6. The molecule has 0 atom stereocenters. The van der Waals surface area contributed by atoms with Crippen LogP contribution in [0.15, 0.2) is 271 Å². The summed E-state index contributed by atoms with van der Waals surface area (Å²) in [6, 6.07) is 95.4. The first-order chi connectivity index (χ1) is 33.2. The molecule has 0 bridgehead atoms. The fourth-order valence-electron chi connectivity index (χ4n) is 9.64. The van der Waals surface area contributed by atoms with Crippen LogP contribution in [0.2, 0.25) is 0 Å². The standard InChI is InChI=1S/C64H44N2O/c1-5-19-45(20-6-1)47-33-35-50(36-34-47)56-30-16-18-32-59(56)66(53-27-11-4-12-28-53)61-42-41-60(63-57-43-51-25-13-14-26-52(51)44-62(57)67-64(61)63)65(54-39-37-48(38-40-54)46-21-7-2-8-22-46)58-31-17-15-29-55(58)49-23-9-3-10-24-49/h1-44H. The molecule has 12 rings (SSSR count). The molecule has 1 heterocycles. The van der Waals surface area contributed by atoms with E-state index in [1.807, 2.05) is 0 Å². The zero-order chi connectivity index (χ0) is 44.5. The maximum Gasteiger partial charge on any atom is 0.161 e. The molecule has 316 valence electrons. The Morgan fingerprint density at radius 1 is 0.269 bits per heavy atom. The fraction of sp³-hybridized carbons (Fsp3) is 0. The van der Waals surface area contributed by atoms with Crippen LogP contribution >= 0.6 is 0 Å². The summed E-state index contributed by atoms with van der Waals surface area (Å²) in [4.78, 5) is 4.79. The Bertz CT molecular complexity index is 3660. The molecule has 0 amide bonds. The highest BCUT2D eigenvalue weighted by Crippen LogP contribution is 2.51. The number of nitrogens with zero attached hydrogens (tertiary/aromatic N) is 2. The third-order valence-electron chi connectivity index (χ3n) is 12.9. The lowest BCUT2D eigenvalue weighted by Crippen LogP contribution is -2.14. The maximum atomic E-state index is 7.31. The molecule has 12 aromatic rings. The molecule has 0 N–H and O–H groups in total. The minimum absolute atomic E-state index is 0.795. The monoisotopic (exact) mass is 856 g/mol. The average molecular weight is 857 g/mol. The Morgan fingerprint density at radius 3 is 1.24 bits per heavy atom. The van der Waals surface area contributed by atoms with Crippen LogP contribution in [0.3, 0.4) is 0 Å². The van der Waals surface area contributed by atoms with Crippen molar-refractivity contribution in [3.05, 3.63) is 267 Å². The van der Waals surface area contributed by atoms with E-state index in [4.69, 9.17) is 4.42 Å². The van der Waals surface area contributed by atoms with Gasteiger partial charge in [-0.05, 0) is 105 Å². The van der Waals surface area contributed by atoms with Crippen LogP contribution in [-0.2, 0) is 0 Å². The molecule has 3 heteroatoms. The van der Waals surface area contributed by atoms with Gasteiger partial charge in [0.25, 0.3) is 0 Å². The first-order valence-corrected chi connectivity index (χ1v) is 22.8. The highest BCUT2D eigenvalue weighted by atomic mass is 16.3. The smallest absolute Gasteiger partial charge is 0.161 e. The van der Waals surface area contributed by atoms with Crippen molar-refractivity contribution in [2.24, 2.45) is 0 Å². The Labute approximate surface area is 390 Å². The van der Waals surface area contributed by atoms with Gasteiger partial charge in [0.1, 0.15) is 5.58 Å². The van der Waals surface area contributed by atoms with Gasteiger partial charge in [-0.25, -0.2) is 0 Å². The summed E-state index contributed by atoms with van der Waals surface area (Å²) < 4.78 is 7.31. The summed E-state index contributed by atoms with van der Waals surface area (Å²) in [5, 5.41) is 4.36. The SMILES string of the molecule is c1ccc(-c2ccc(-c3ccccc3N(c3ccccc3)c3ccc(N(c4ccc(-c5ccccc5)cc4)c4ccccc4-c4ccccc4)c4c3oc3cc5ccccc5cc34)cc2)cc1. The molecule has 0 unspecified atom stereocenters. The van der Waals surface area contributed by atoms with Gasteiger partial charge in [-0.1, -0.05) is 206 Å². The van der Waals surface area contributed by atoms with Crippen LogP contribution in [0.5, 0.6) is 0 Å². The first-order valence-electron chi connectivity index (χ1n) is 22.8. The van der Waals surface area contributed by atoms with Gasteiger partial charge in [0, 0.05) is 27.9 Å². The maximum absolute atomic E-state index is 7.31. The number of benzene rings is 11. The molecule has 67 heavy (non-hydrogen) atoms. The number of hydrogen-bond acceptors (Lipinski definition) is 3. The second-order valence-electron chi connectivity index (χ2n) is 16.9.